The first-order chi connectivity index (χ1) is 7.53. The van der Waals surface area contributed by atoms with Gasteiger partial charge in [-0.15, -0.1) is 0 Å². The van der Waals surface area contributed by atoms with Crippen LogP contribution in [0, 0.1) is 10.1 Å². The van der Waals surface area contributed by atoms with Gasteiger partial charge in [0.2, 0.25) is 0 Å². The third kappa shape index (κ3) is 3.01. The fourth-order valence-electron chi connectivity index (χ4n) is 1.46. The van der Waals surface area contributed by atoms with E-state index in [0.29, 0.717) is 5.56 Å². The fraction of sp³-hybridized carbons (Fsp3) is 0.400. The van der Waals surface area contributed by atoms with E-state index in [9.17, 15) is 18.5 Å². The van der Waals surface area contributed by atoms with Gasteiger partial charge in [0.25, 0.3) is 15.8 Å². The van der Waals surface area contributed by atoms with Crippen LogP contribution in [0.25, 0.3) is 0 Å². The number of nitro benzene ring substituents is 1. The molecule has 1 rings (SSSR count). The smallest absolute Gasteiger partial charge is 0.282 e. The molecule has 0 fully saturated rings. The molecule has 0 bridgehead atoms. The van der Waals surface area contributed by atoms with E-state index in [-0.39, 0.29) is 5.69 Å². The van der Waals surface area contributed by atoms with Gasteiger partial charge in [0.15, 0.2) is 0 Å². The highest BCUT2D eigenvalue weighted by atomic mass is 32.2. The average Bonchev–Trinajstić information content (AvgIpc) is 2.14. The van der Waals surface area contributed by atoms with E-state index in [1.807, 2.05) is 0 Å². The first kappa shape index (κ1) is 13.6. The summed E-state index contributed by atoms with van der Waals surface area (Å²) < 4.78 is 30.6. The zero-order chi connectivity index (χ0) is 13.4. The summed E-state index contributed by atoms with van der Waals surface area (Å²) >= 11 is 0. The Bertz CT molecular complexity index is 557. The third-order valence-electron chi connectivity index (χ3n) is 2.27. The van der Waals surface area contributed by atoms with E-state index in [0.717, 1.165) is 12.1 Å². The molecule has 0 heterocycles. The van der Waals surface area contributed by atoms with Gasteiger partial charge in [-0.3, -0.25) is 14.7 Å². The van der Waals surface area contributed by atoms with Gasteiger partial charge in [-0.05, 0) is 11.5 Å². The molecule has 0 atom stereocenters. The highest BCUT2D eigenvalue weighted by molar-refractivity contribution is 7.85. The molecule has 0 aliphatic carbocycles. The van der Waals surface area contributed by atoms with Crippen LogP contribution in [-0.2, 0) is 15.5 Å². The Morgan fingerprint density at radius 3 is 2.18 bits per heavy atom. The third-order valence-corrected chi connectivity index (χ3v) is 3.12. The van der Waals surface area contributed by atoms with Crippen molar-refractivity contribution in [2.24, 2.45) is 0 Å². The SMILES string of the molecule is CC(C)(C)c1ccc(S(=O)(=O)O)cc1[N+](=O)[O-]. The molecule has 1 N–H and O–H groups in total. The second-order valence-corrected chi connectivity index (χ2v) is 6.08. The number of hydrogen-bond donors (Lipinski definition) is 1. The van der Waals surface area contributed by atoms with E-state index < -0.39 is 25.4 Å². The van der Waals surface area contributed by atoms with Crippen molar-refractivity contribution >= 4 is 15.8 Å². The topological polar surface area (TPSA) is 97.5 Å². The summed E-state index contributed by atoms with van der Waals surface area (Å²) in [4.78, 5) is 9.74. The number of rotatable bonds is 2. The molecule has 0 aromatic heterocycles. The summed E-state index contributed by atoms with van der Waals surface area (Å²) in [6.07, 6.45) is 0. The van der Waals surface area contributed by atoms with Crippen LogP contribution in [0.15, 0.2) is 23.1 Å². The number of benzene rings is 1. The average molecular weight is 259 g/mol. The summed E-state index contributed by atoms with van der Waals surface area (Å²) in [6.45, 7) is 5.34. The zero-order valence-corrected chi connectivity index (χ0v) is 10.5. The van der Waals surface area contributed by atoms with Gasteiger partial charge >= 0.3 is 0 Å². The van der Waals surface area contributed by atoms with Crippen LogP contribution in [0.5, 0.6) is 0 Å². The minimum Gasteiger partial charge on any atom is -0.282 e. The van der Waals surface area contributed by atoms with Gasteiger partial charge in [0.05, 0.1) is 4.92 Å². The van der Waals surface area contributed by atoms with Crippen molar-refractivity contribution < 1.29 is 17.9 Å². The Hall–Kier alpha value is -1.47. The van der Waals surface area contributed by atoms with Crippen molar-refractivity contribution in [3.63, 3.8) is 0 Å². The molecule has 0 spiro atoms. The molecule has 1 aromatic carbocycles. The lowest BCUT2D eigenvalue weighted by Gasteiger charge is -2.18. The number of hydrogen-bond acceptors (Lipinski definition) is 4. The van der Waals surface area contributed by atoms with E-state index in [4.69, 9.17) is 4.55 Å². The Morgan fingerprint density at radius 2 is 1.82 bits per heavy atom. The molecule has 0 saturated heterocycles. The van der Waals surface area contributed by atoms with Crippen molar-refractivity contribution in [3.8, 4) is 0 Å². The van der Waals surface area contributed by atoms with Gasteiger partial charge in [-0.2, -0.15) is 8.42 Å². The molecule has 0 radical (unpaired) electrons. The monoisotopic (exact) mass is 259 g/mol. The van der Waals surface area contributed by atoms with E-state index >= 15 is 0 Å². The molecule has 0 unspecified atom stereocenters. The largest absolute Gasteiger partial charge is 0.294 e. The molecule has 0 amide bonds. The lowest BCUT2D eigenvalue weighted by Crippen LogP contribution is -2.14. The van der Waals surface area contributed by atoms with Crippen LogP contribution < -0.4 is 0 Å². The standard InChI is InChI=1S/C10H13NO5S/c1-10(2,3)8-5-4-7(17(14,15)16)6-9(8)11(12)13/h4-6H,1-3H3,(H,14,15,16). The second-order valence-electron chi connectivity index (χ2n) is 4.66. The molecule has 7 heteroatoms. The molecule has 0 aliphatic heterocycles. The number of nitrogens with zero attached hydrogens (tertiary/aromatic N) is 1. The Balaban J connectivity index is 3.54. The summed E-state index contributed by atoms with van der Waals surface area (Å²) in [7, 11) is -4.43. The van der Waals surface area contributed by atoms with Gasteiger partial charge in [0.1, 0.15) is 4.90 Å². The maximum Gasteiger partial charge on any atom is 0.294 e. The van der Waals surface area contributed by atoms with Crippen LogP contribution in [0.1, 0.15) is 26.3 Å². The molecule has 1 aromatic rings. The van der Waals surface area contributed by atoms with Gasteiger partial charge in [-0.25, -0.2) is 0 Å². The predicted molar refractivity (Wildman–Crippen MR) is 61.6 cm³/mol. The summed E-state index contributed by atoms with van der Waals surface area (Å²) in [5.74, 6) is 0. The Labute approximate surface area is 99.2 Å². The second kappa shape index (κ2) is 4.08. The highest BCUT2D eigenvalue weighted by Gasteiger charge is 2.26. The summed E-state index contributed by atoms with van der Waals surface area (Å²) in [6, 6.07) is 3.38. The van der Waals surface area contributed by atoms with Crippen molar-refractivity contribution in [3.05, 3.63) is 33.9 Å². The van der Waals surface area contributed by atoms with Crippen molar-refractivity contribution in [2.75, 3.05) is 0 Å². The highest BCUT2D eigenvalue weighted by Crippen LogP contribution is 2.32. The lowest BCUT2D eigenvalue weighted by atomic mass is 9.86. The predicted octanol–water partition coefficient (Wildman–Crippen LogP) is 2.14. The first-order valence-electron chi connectivity index (χ1n) is 4.80. The van der Waals surface area contributed by atoms with Crippen molar-refractivity contribution in [1.29, 1.82) is 0 Å². The van der Waals surface area contributed by atoms with E-state index in [1.54, 1.807) is 20.8 Å². The summed E-state index contributed by atoms with van der Waals surface area (Å²) in [5, 5.41) is 10.9. The van der Waals surface area contributed by atoms with Crippen molar-refractivity contribution in [2.45, 2.75) is 31.1 Å². The minimum absolute atomic E-state index is 0.312. The molecular formula is C10H13NO5S. The van der Waals surface area contributed by atoms with Crippen molar-refractivity contribution in [1.82, 2.24) is 0 Å². The maximum atomic E-state index is 10.9. The molecule has 94 valence electrons. The normalized spacial score (nSPS) is 12.5. The van der Waals surface area contributed by atoms with Crippen LogP contribution in [0.4, 0.5) is 5.69 Å². The van der Waals surface area contributed by atoms with Crippen LogP contribution >= 0.6 is 0 Å². The van der Waals surface area contributed by atoms with Gasteiger partial charge < -0.3 is 0 Å². The fourth-order valence-corrected chi connectivity index (χ4v) is 1.96. The quantitative estimate of drug-likeness (QED) is 0.498. The molecule has 0 aliphatic rings. The van der Waals surface area contributed by atoms with E-state index in [1.165, 1.54) is 6.07 Å². The molecule has 17 heavy (non-hydrogen) atoms. The maximum absolute atomic E-state index is 10.9. The molecule has 6 nitrogen and oxygen atoms in total. The van der Waals surface area contributed by atoms with Crippen LogP contribution in [0.2, 0.25) is 0 Å². The van der Waals surface area contributed by atoms with Crippen LogP contribution in [0.3, 0.4) is 0 Å². The molecule has 0 saturated carbocycles. The molecular weight excluding hydrogens is 246 g/mol. The Morgan fingerprint density at radius 1 is 1.29 bits per heavy atom. The first-order valence-corrected chi connectivity index (χ1v) is 6.24. The summed E-state index contributed by atoms with van der Waals surface area (Å²) in [5.41, 5.74) is -0.386. The minimum atomic E-state index is -4.43. The Kier molecular flexibility index (Phi) is 3.26. The van der Waals surface area contributed by atoms with E-state index in [2.05, 4.69) is 0 Å². The van der Waals surface area contributed by atoms with Gasteiger partial charge in [-0.1, -0.05) is 26.8 Å². The number of nitro groups is 1. The van der Waals surface area contributed by atoms with Crippen LogP contribution in [-0.4, -0.2) is 17.9 Å². The zero-order valence-electron chi connectivity index (χ0n) is 9.67. The lowest BCUT2D eigenvalue weighted by molar-refractivity contribution is -0.386. The van der Waals surface area contributed by atoms with Gasteiger partial charge in [0, 0.05) is 11.6 Å².